The van der Waals surface area contributed by atoms with Gasteiger partial charge in [-0.15, -0.1) is 0 Å². The summed E-state index contributed by atoms with van der Waals surface area (Å²) in [5.41, 5.74) is 3.27. The van der Waals surface area contributed by atoms with Crippen molar-refractivity contribution in [2.24, 2.45) is 0 Å². The predicted molar refractivity (Wildman–Crippen MR) is 63.8 cm³/mol. The van der Waals surface area contributed by atoms with E-state index in [-0.39, 0.29) is 5.78 Å². The number of H-pyrrole nitrogens is 1. The van der Waals surface area contributed by atoms with Gasteiger partial charge in [-0.3, -0.25) is 4.79 Å². The van der Waals surface area contributed by atoms with E-state index in [0.717, 1.165) is 22.4 Å². The number of nitrogens with one attached hydrogen (secondary N) is 1. The van der Waals surface area contributed by atoms with Crippen molar-refractivity contribution in [2.45, 2.75) is 6.92 Å². The van der Waals surface area contributed by atoms with Gasteiger partial charge in [-0.1, -0.05) is 0 Å². The molecule has 1 N–H and O–H groups in total. The van der Waals surface area contributed by atoms with Crippen molar-refractivity contribution >= 4 is 16.8 Å². The highest BCUT2D eigenvalue weighted by Gasteiger charge is 2.08. The molecular weight excluding hydrogens is 216 g/mol. The van der Waals surface area contributed by atoms with Crippen LogP contribution in [0, 0.1) is 0 Å². The first kappa shape index (κ1) is 9.84. The van der Waals surface area contributed by atoms with Gasteiger partial charge >= 0.3 is 0 Å². The second kappa shape index (κ2) is 3.59. The Morgan fingerprint density at radius 2 is 2.24 bits per heavy atom. The molecule has 0 aliphatic heterocycles. The Hall–Kier alpha value is -2.36. The lowest BCUT2D eigenvalue weighted by atomic mass is 10.1. The highest BCUT2D eigenvalue weighted by atomic mass is 16.3. The summed E-state index contributed by atoms with van der Waals surface area (Å²) in [5, 5.41) is 0. The van der Waals surface area contributed by atoms with E-state index in [2.05, 4.69) is 9.97 Å². The number of ketones is 1. The monoisotopic (exact) mass is 226 g/mol. The van der Waals surface area contributed by atoms with Crippen molar-refractivity contribution in [1.29, 1.82) is 0 Å². The van der Waals surface area contributed by atoms with Gasteiger partial charge in [0.1, 0.15) is 12.1 Å². The van der Waals surface area contributed by atoms with Crippen LogP contribution in [0.5, 0.6) is 0 Å². The number of fused-ring (bicyclic) bond motifs is 1. The van der Waals surface area contributed by atoms with E-state index in [1.165, 1.54) is 0 Å². The van der Waals surface area contributed by atoms with Gasteiger partial charge in [0.15, 0.2) is 5.78 Å². The number of aromatic nitrogens is 2. The fraction of sp³-hybridized carbons (Fsp3) is 0.0769. The number of Topliss-reactive ketones (excluding diaryl/α,β-unsaturated/α-hetero) is 1. The van der Waals surface area contributed by atoms with Gasteiger partial charge in [0.2, 0.25) is 0 Å². The summed E-state index contributed by atoms with van der Waals surface area (Å²) in [4.78, 5) is 18.9. The van der Waals surface area contributed by atoms with Crippen molar-refractivity contribution in [3.63, 3.8) is 0 Å². The average molecular weight is 226 g/mol. The number of imidazole rings is 1. The van der Waals surface area contributed by atoms with Crippen molar-refractivity contribution in [1.82, 2.24) is 9.97 Å². The number of aromatic amines is 1. The molecule has 17 heavy (non-hydrogen) atoms. The largest absolute Gasteiger partial charge is 0.472 e. The van der Waals surface area contributed by atoms with Crippen LogP contribution >= 0.6 is 0 Å². The first-order valence-corrected chi connectivity index (χ1v) is 5.27. The van der Waals surface area contributed by atoms with Crippen LogP contribution in [0.3, 0.4) is 0 Å². The van der Waals surface area contributed by atoms with Crippen molar-refractivity contribution in [3.05, 3.63) is 42.4 Å². The van der Waals surface area contributed by atoms with Crippen LogP contribution in [0.15, 0.2) is 41.2 Å². The number of furan rings is 1. The standard InChI is InChI=1S/C13H10N2O2/c1-8(16)9-2-3-11-12(6-9)15-13(14-11)10-4-5-17-7-10/h2-7H,1H3,(H,14,15). The smallest absolute Gasteiger partial charge is 0.159 e. The lowest BCUT2D eigenvalue weighted by Crippen LogP contribution is -1.90. The van der Waals surface area contributed by atoms with Gasteiger partial charge in [0.05, 0.1) is 22.9 Å². The normalized spacial score (nSPS) is 10.9. The Labute approximate surface area is 97.3 Å². The molecule has 0 bridgehead atoms. The molecule has 0 fully saturated rings. The minimum atomic E-state index is 0.0476. The van der Waals surface area contributed by atoms with Crippen molar-refractivity contribution in [2.75, 3.05) is 0 Å². The molecular formula is C13H10N2O2. The van der Waals surface area contributed by atoms with Crippen LogP contribution in [-0.2, 0) is 0 Å². The molecule has 4 heteroatoms. The Bertz CT molecular complexity index is 681. The summed E-state index contributed by atoms with van der Waals surface area (Å²) in [7, 11) is 0. The number of rotatable bonds is 2. The predicted octanol–water partition coefficient (Wildman–Crippen LogP) is 3.03. The van der Waals surface area contributed by atoms with E-state index in [0.29, 0.717) is 5.56 Å². The van der Waals surface area contributed by atoms with E-state index >= 15 is 0 Å². The van der Waals surface area contributed by atoms with E-state index in [1.54, 1.807) is 25.5 Å². The zero-order valence-corrected chi connectivity index (χ0v) is 9.23. The molecule has 0 aliphatic rings. The molecule has 0 saturated carbocycles. The summed E-state index contributed by atoms with van der Waals surface area (Å²) in [5.74, 6) is 0.792. The summed E-state index contributed by atoms with van der Waals surface area (Å²) < 4.78 is 5.01. The quantitative estimate of drug-likeness (QED) is 0.683. The minimum absolute atomic E-state index is 0.0476. The van der Waals surface area contributed by atoms with Crippen molar-refractivity contribution < 1.29 is 9.21 Å². The number of nitrogens with zero attached hydrogens (tertiary/aromatic N) is 1. The third-order valence-corrected chi connectivity index (χ3v) is 2.68. The third kappa shape index (κ3) is 1.63. The number of carbonyl (C=O) groups is 1. The van der Waals surface area contributed by atoms with Crippen LogP contribution in [0.2, 0.25) is 0 Å². The Kier molecular flexibility index (Phi) is 2.08. The van der Waals surface area contributed by atoms with Crippen LogP contribution in [-0.4, -0.2) is 15.8 Å². The zero-order valence-electron chi connectivity index (χ0n) is 9.23. The van der Waals surface area contributed by atoms with Crippen molar-refractivity contribution in [3.8, 4) is 11.4 Å². The van der Waals surface area contributed by atoms with Crippen LogP contribution in [0.1, 0.15) is 17.3 Å². The molecule has 0 unspecified atom stereocenters. The minimum Gasteiger partial charge on any atom is -0.472 e. The topological polar surface area (TPSA) is 58.9 Å². The van der Waals surface area contributed by atoms with Gasteiger partial charge in [0, 0.05) is 5.56 Å². The molecule has 0 atom stereocenters. The van der Waals surface area contributed by atoms with Crippen LogP contribution < -0.4 is 0 Å². The average Bonchev–Trinajstić information content (AvgIpc) is 2.96. The molecule has 4 nitrogen and oxygen atoms in total. The highest BCUT2D eigenvalue weighted by Crippen LogP contribution is 2.21. The summed E-state index contributed by atoms with van der Waals surface area (Å²) in [6.45, 7) is 1.55. The maximum atomic E-state index is 11.3. The van der Waals surface area contributed by atoms with Gasteiger partial charge in [0.25, 0.3) is 0 Å². The second-order valence-corrected chi connectivity index (χ2v) is 3.89. The molecule has 0 spiro atoms. The number of benzene rings is 1. The lowest BCUT2D eigenvalue weighted by Gasteiger charge is -1.93. The molecule has 0 radical (unpaired) electrons. The van der Waals surface area contributed by atoms with Gasteiger partial charge in [-0.05, 0) is 31.2 Å². The Balaban J connectivity index is 2.16. The maximum absolute atomic E-state index is 11.3. The number of carbonyl (C=O) groups excluding carboxylic acids is 1. The summed E-state index contributed by atoms with van der Waals surface area (Å²) >= 11 is 0. The van der Waals surface area contributed by atoms with E-state index in [1.807, 2.05) is 18.2 Å². The maximum Gasteiger partial charge on any atom is 0.159 e. The molecule has 0 amide bonds. The van der Waals surface area contributed by atoms with Crippen LogP contribution in [0.4, 0.5) is 0 Å². The lowest BCUT2D eigenvalue weighted by molar-refractivity contribution is 0.101. The molecule has 3 aromatic rings. The molecule has 2 heterocycles. The first-order chi connectivity index (χ1) is 8.24. The Morgan fingerprint density at radius 3 is 2.94 bits per heavy atom. The fourth-order valence-corrected chi connectivity index (χ4v) is 1.76. The molecule has 1 aromatic carbocycles. The summed E-state index contributed by atoms with van der Waals surface area (Å²) in [6, 6.07) is 7.27. The molecule has 0 saturated heterocycles. The van der Waals surface area contributed by atoms with Gasteiger partial charge in [-0.25, -0.2) is 4.98 Å². The Morgan fingerprint density at radius 1 is 1.35 bits per heavy atom. The third-order valence-electron chi connectivity index (χ3n) is 2.68. The summed E-state index contributed by atoms with van der Waals surface area (Å²) in [6.07, 6.45) is 3.23. The zero-order chi connectivity index (χ0) is 11.8. The molecule has 2 aromatic heterocycles. The van der Waals surface area contributed by atoms with E-state index in [4.69, 9.17) is 4.42 Å². The highest BCUT2D eigenvalue weighted by molar-refractivity contribution is 5.97. The van der Waals surface area contributed by atoms with Crippen LogP contribution in [0.25, 0.3) is 22.4 Å². The number of hydrogen-bond donors (Lipinski definition) is 1. The SMILES string of the molecule is CC(=O)c1ccc2nc(-c3ccoc3)[nH]c2c1. The molecule has 84 valence electrons. The van der Waals surface area contributed by atoms with Gasteiger partial charge in [-0.2, -0.15) is 0 Å². The second-order valence-electron chi connectivity index (χ2n) is 3.89. The fourth-order valence-electron chi connectivity index (χ4n) is 1.76. The molecule has 0 aliphatic carbocycles. The van der Waals surface area contributed by atoms with E-state index in [9.17, 15) is 4.79 Å². The first-order valence-electron chi connectivity index (χ1n) is 5.27. The molecule has 3 rings (SSSR count). The van der Waals surface area contributed by atoms with E-state index < -0.39 is 0 Å². The van der Waals surface area contributed by atoms with Gasteiger partial charge < -0.3 is 9.40 Å². The number of hydrogen-bond acceptors (Lipinski definition) is 3.